The topological polar surface area (TPSA) is 97.6 Å². The fraction of sp³-hybridized carbons (Fsp3) is 0.190. The molecule has 150 valence electrons. The minimum atomic E-state index is -0.771. The summed E-state index contributed by atoms with van der Waals surface area (Å²) in [6.45, 7) is 0.846. The van der Waals surface area contributed by atoms with Crippen molar-refractivity contribution < 1.29 is 27.9 Å². The van der Waals surface area contributed by atoms with Crippen LogP contribution >= 0.6 is 0 Å². The molecule has 2 aromatic carbocycles. The molecule has 0 aliphatic heterocycles. The molecule has 1 heterocycles. The Morgan fingerprint density at radius 2 is 1.83 bits per heavy atom. The molecule has 2 amide bonds. The van der Waals surface area contributed by atoms with E-state index in [2.05, 4.69) is 10.6 Å². The molecule has 3 aromatic rings. The highest BCUT2D eigenvalue weighted by Crippen LogP contribution is 2.23. The van der Waals surface area contributed by atoms with Crippen LogP contribution in [0.25, 0.3) is 11.0 Å². The number of rotatable bonds is 7. The summed E-state index contributed by atoms with van der Waals surface area (Å²) in [4.78, 5) is 35.5. The third-order valence-electron chi connectivity index (χ3n) is 4.11. The van der Waals surface area contributed by atoms with Crippen LogP contribution in [-0.4, -0.2) is 30.9 Å². The Bertz CT molecular complexity index is 996. The van der Waals surface area contributed by atoms with Gasteiger partial charge in [0.2, 0.25) is 0 Å². The van der Waals surface area contributed by atoms with Gasteiger partial charge in [0.25, 0.3) is 11.8 Å². The number of fused-ring (bicyclic) bond motifs is 1. The number of hydrogen-bond acceptors (Lipinski definition) is 5. The highest BCUT2D eigenvalue weighted by molar-refractivity contribution is 5.96. The molecule has 2 N–H and O–H groups in total. The first-order valence-electron chi connectivity index (χ1n) is 8.89. The van der Waals surface area contributed by atoms with Crippen LogP contribution in [0.3, 0.4) is 0 Å². The van der Waals surface area contributed by atoms with Crippen molar-refractivity contribution in [3.63, 3.8) is 0 Å². The second-order valence-corrected chi connectivity index (χ2v) is 6.33. The summed E-state index contributed by atoms with van der Waals surface area (Å²) in [6, 6.07) is 13.8. The molecule has 29 heavy (non-hydrogen) atoms. The fourth-order valence-corrected chi connectivity index (χ4v) is 2.62. The van der Waals surface area contributed by atoms with E-state index in [1.165, 1.54) is 12.1 Å². The predicted molar refractivity (Wildman–Crippen MR) is 102 cm³/mol. The van der Waals surface area contributed by atoms with E-state index in [4.69, 9.17) is 9.15 Å². The van der Waals surface area contributed by atoms with Gasteiger partial charge in [0, 0.05) is 10.9 Å². The Labute approximate surface area is 165 Å². The summed E-state index contributed by atoms with van der Waals surface area (Å²) in [5.41, 5.74) is 0.920. The predicted octanol–water partition coefficient (Wildman–Crippen LogP) is 2.72. The maximum Gasteiger partial charge on any atom is 0.325 e. The number of nitrogens with one attached hydrogen (secondary N) is 2. The number of ether oxygens (including phenoxy) is 1. The number of para-hydroxylation sites is 1. The standard InChI is InChI=1S/C21H19FN2O5/c1-13(18-10-15-4-2-3-5-17(15)29-18)24-19(25)12-28-20(26)11-23-21(27)14-6-8-16(22)9-7-14/h2-10,13H,11-12H2,1H3,(H,23,27)(H,24,25)/t13-/m1/s1. The molecule has 0 fully saturated rings. The number of hydrogen-bond donors (Lipinski definition) is 2. The molecule has 0 spiro atoms. The highest BCUT2D eigenvalue weighted by Gasteiger charge is 2.16. The Morgan fingerprint density at radius 1 is 1.10 bits per heavy atom. The Morgan fingerprint density at radius 3 is 2.55 bits per heavy atom. The zero-order valence-electron chi connectivity index (χ0n) is 15.6. The van der Waals surface area contributed by atoms with Gasteiger partial charge in [-0.1, -0.05) is 18.2 Å². The molecule has 1 aromatic heterocycles. The van der Waals surface area contributed by atoms with E-state index in [0.29, 0.717) is 11.3 Å². The molecule has 7 nitrogen and oxygen atoms in total. The third kappa shape index (κ3) is 5.41. The lowest BCUT2D eigenvalue weighted by molar-refractivity contribution is -0.147. The van der Waals surface area contributed by atoms with E-state index in [9.17, 15) is 18.8 Å². The van der Waals surface area contributed by atoms with Crippen molar-refractivity contribution in [1.82, 2.24) is 10.6 Å². The molecule has 8 heteroatoms. The first-order chi connectivity index (χ1) is 13.9. The number of carbonyl (C=O) groups is 3. The van der Waals surface area contributed by atoms with Gasteiger partial charge in [-0.05, 0) is 43.3 Å². The average molecular weight is 398 g/mol. The zero-order valence-corrected chi connectivity index (χ0v) is 15.6. The fourth-order valence-electron chi connectivity index (χ4n) is 2.62. The van der Waals surface area contributed by atoms with Crippen molar-refractivity contribution in [3.8, 4) is 0 Å². The lowest BCUT2D eigenvalue weighted by atomic mass is 10.2. The first-order valence-corrected chi connectivity index (χ1v) is 8.89. The van der Waals surface area contributed by atoms with Gasteiger partial charge < -0.3 is 19.8 Å². The second-order valence-electron chi connectivity index (χ2n) is 6.33. The van der Waals surface area contributed by atoms with Crippen molar-refractivity contribution in [2.75, 3.05) is 13.2 Å². The van der Waals surface area contributed by atoms with E-state index in [1.807, 2.05) is 30.3 Å². The van der Waals surface area contributed by atoms with Gasteiger partial charge in [0.15, 0.2) is 6.61 Å². The molecule has 0 bridgehead atoms. The molecular formula is C21H19FN2O5. The Balaban J connectivity index is 1.41. The van der Waals surface area contributed by atoms with Crippen molar-refractivity contribution in [2.24, 2.45) is 0 Å². The third-order valence-corrected chi connectivity index (χ3v) is 4.11. The summed E-state index contributed by atoms with van der Waals surface area (Å²) < 4.78 is 23.4. The van der Waals surface area contributed by atoms with Crippen molar-refractivity contribution in [2.45, 2.75) is 13.0 Å². The summed E-state index contributed by atoms with van der Waals surface area (Å²) in [5, 5.41) is 5.94. The molecular weight excluding hydrogens is 379 g/mol. The van der Waals surface area contributed by atoms with Crippen LogP contribution in [0.15, 0.2) is 59.0 Å². The molecule has 0 saturated heterocycles. The van der Waals surface area contributed by atoms with E-state index in [-0.39, 0.29) is 5.56 Å². The van der Waals surface area contributed by atoms with Gasteiger partial charge in [-0.15, -0.1) is 0 Å². The van der Waals surface area contributed by atoms with Crippen molar-refractivity contribution in [3.05, 3.63) is 71.7 Å². The maximum atomic E-state index is 12.8. The van der Waals surface area contributed by atoms with Crippen LogP contribution in [0.4, 0.5) is 4.39 Å². The van der Waals surface area contributed by atoms with Crippen LogP contribution in [-0.2, 0) is 14.3 Å². The Hall–Kier alpha value is -3.68. The SMILES string of the molecule is C[C@@H](NC(=O)COC(=O)CNC(=O)c1ccc(F)cc1)c1cc2ccccc2o1. The smallest absolute Gasteiger partial charge is 0.325 e. The Kier molecular flexibility index (Phi) is 6.23. The molecule has 1 atom stereocenters. The molecule has 0 aliphatic rings. The van der Waals surface area contributed by atoms with E-state index in [0.717, 1.165) is 17.5 Å². The molecule has 0 saturated carbocycles. The zero-order chi connectivity index (χ0) is 20.8. The van der Waals surface area contributed by atoms with Gasteiger partial charge in [-0.3, -0.25) is 14.4 Å². The van der Waals surface area contributed by atoms with E-state index < -0.39 is 42.8 Å². The van der Waals surface area contributed by atoms with Gasteiger partial charge in [0.05, 0.1) is 6.04 Å². The minimum absolute atomic E-state index is 0.205. The summed E-state index contributed by atoms with van der Waals surface area (Å²) in [5.74, 6) is -1.71. The summed E-state index contributed by atoms with van der Waals surface area (Å²) >= 11 is 0. The monoisotopic (exact) mass is 398 g/mol. The minimum Gasteiger partial charge on any atom is -0.459 e. The van der Waals surface area contributed by atoms with Gasteiger partial charge in [0.1, 0.15) is 23.7 Å². The molecule has 0 aliphatic carbocycles. The van der Waals surface area contributed by atoms with Crippen molar-refractivity contribution in [1.29, 1.82) is 0 Å². The summed E-state index contributed by atoms with van der Waals surface area (Å²) in [6.07, 6.45) is 0. The molecule has 0 radical (unpaired) electrons. The van der Waals surface area contributed by atoms with Gasteiger partial charge >= 0.3 is 5.97 Å². The number of amides is 2. The molecule has 0 unspecified atom stereocenters. The number of furan rings is 1. The normalized spacial score (nSPS) is 11.7. The van der Waals surface area contributed by atoms with Gasteiger partial charge in [-0.25, -0.2) is 4.39 Å². The quantitative estimate of drug-likeness (QED) is 0.597. The highest BCUT2D eigenvalue weighted by atomic mass is 19.1. The maximum absolute atomic E-state index is 12.8. The van der Waals surface area contributed by atoms with Crippen LogP contribution < -0.4 is 10.6 Å². The van der Waals surface area contributed by atoms with E-state index >= 15 is 0 Å². The molecule has 3 rings (SSSR count). The van der Waals surface area contributed by atoms with Crippen LogP contribution in [0, 0.1) is 5.82 Å². The number of benzene rings is 2. The number of halogens is 1. The van der Waals surface area contributed by atoms with Crippen LogP contribution in [0.1, 0.15) is 29.1 Å². The largest absolute Gasteiger partial charge is 0.459 e. The number of carbonyl (C=O) groups excluding carboxylic acids is 3. The second kappa shape index (κ2) is 9.01. The van der Waals surface area contributed by atoms with E-state index in [1.54, 1.807) is 6.92 Å². The first kappa shape index (κ1) is 20.1. The average Bonchev–Trinajstić information content (AvgIpc) is 3.15. The number of esters is 1. The summed E-state index contributed by atoms with van der Waals surface area (Å²) in [7, 11) is 0. The lowest BCUT2D eigenvalue weighted by Crippen LogP contribution is -2.34. The van der Waals surface area contributed by atoms with Crippen LogP contribution in [0.5, 0.6) is 0 Å². The van der Waals surface area contributed by atoms with Gasteiger partial charge in [-0.2, -0.15) is 0 Å². The van der Waals surface area contributed by atoms with Crippen LogP contribution in [0.2, 0.25) is 0 Å². The van der Waals surface area contributed by atoms with Crippen molar-refractivity contribution >= 4 is 28.8 Å². The lowest BCUT2D eigenvalue weighted by Gasteiger charge is -2.11.